The molecule has 3 N–H and O–H groups in total. The SMILES string of the molecule is CSCNC(=O)c1ccc(S(=O)(=O)Oc2c3cc(S(=O)(=O)[O-])cc2Cc2cc(S(=O)(=O)[O-])cc(c2O)Cc2cc(C)cc(c2[O-])Cc2cc(S(=O)(=O)[O-])cc(c2O)C3)cc1. The van der Waals surface area contributed by atoms with Crippen molar-refractivity contribution in [3.05, 3.63) is 128 Å². The van der Waals surface area contributed by atoms with Crippen molar-refractivity contribution in [2.24, 2.45) is 0 Å². The molecule has 0 spiro atoms. The normalized spacial score (nSPS) is 13.4. The summed E-state index contributed by atoms with van der Waals surface area (Å²) in [6.07, 6.45) is -1.02. The van der Waals surface area contributed by atoms with Crippen LogP contribution in [0.4, 0.5) is 0 Å². The molecule has 1 aliphatic carbocycles. The Balaban J connectivity index is 1.68. The van der Waals surface area contributed by atoms with Crippen LogP contribution < -0.4 is 14.6 Å². The van der Waals surface area contributed by atoms with E-state index in [0.717, 1.165) is 48.5 Å². The van der Waals surface area contributed by atoms with Crippen LogP contribution in [0.15, 0.2) is 92.4 Å². The fraction of sp³-hybridized carbons (Fsp3) is 0.184. The second-order valence-corrected chi connectivity index (χ2v) is 20.3. The number of aromatic hydroxyl groups is 2. The minimum atomic E-state index is -5.46. The van der Waals surface area contributed by atoms with E-state index in [1.54, 1.807) is 13.2 Å². The van der Waals surface area contributed by atoms with Crippen LogP contribution in [-0.4, -0.2) is 75.6 Å². The van der Waals surface area contributed by atoms with Crippen LogP contribution in [-0.2, 0) is 66.2 Å². The van der Waals surface area contributed by atoms with Gasteiger partial charge in [-0.1, -0.05) is 28.8 Å². The third-order valence-electron chi connectivity index (χ3n) is 9.45. The number of benzene rings is 5. The van der Waals surface area contributed by atoms with Crippen molar-refractivity contribution in [1.82, 2.24) is 5.32 Å². The summed E-state index contributed by atoms with van der Waals surface area (Å²) in [5.41, 5.74) is -2.12. The van der Waals surface area contributed by atoms with Gasteiger partial charge >= 0.3 is 10.1 Å². The van der Waals surface area contributed by atoms with Gasteiger partial charge in [0.25, 0.3) is 5.91 Å². The Morgan fingerprint density at radius 2 is 0.983 bits per heavy atom. The van der Waals surface area contributed by atoms with E-state index in [4.69, 9.17) is 4.18 Å². The summed E-state index contributed by atoms with van der Waals surface area (Å²) in [6, 6.07) is 11.5. The van der Waals surface area contributed by atoms with Gasteiger partial charge in [-0.25, -0.2) is 25.3 Å². The van der Waals surface area contributed by atoms with Crippen LogP contribution in [0.1, 0.15) is 60.4 Å². The third kappa shape index (κ3) is 9.55. The van der Waals surface area contributed by atoms with Gasteiger partial charge in [-0.3, -0.25) is 4.79 Å². The average Bonchev–Trinajstić information content (AvgIpc) is 3.14. The van der Waals surface area contributed by atoms with Crippen LogP contribution in [0, 0.1) is 6.92 Å². The summed E-state index contributed by atoms with van der Waals surface area (Å²) in [6.45, 7) is 1.58. The molecule has 5 aromatic rings. The molecule has 1 amide bonds. The van der Waals surface area contributed by atoms with E-state index in [-0.39, 0.29) is 33.7 Å². The number of rotatable bonds is 9. The third-order valence-corrected chi connectivity index (χ3v) is 13.6. The maximum Gasteiger partial charge on any atom is 0.339 e. The van der Waals surface area contributed by atoms with Crippen molar-refractivity contribution in [2.45, 2.75) is 52.2 Å². The molecule has 0 saturated heterocycles. The van der Waals surface area contributed by atoms with E-state index in [9.17, 15) is 67.4 Å². The monoisotopic (exact) mass is 917 g/mol. The highest BCUT2D eigenvalue weighted by molar-refractivity contribution is 7.98. The number of carbonyl (C=O) groups excluding carboxylic acids is 1. The molecule has 0 aromatic heterocycles. The zero-order valence-electron chi connectivity index (χ0n) is 31.1. The number of fused-ring (bicyclic) bond motifs is 8. The van der Waals surface area contributed by atoms with Gasteiger partial charge in [0.1, 0.15) is 52.5 Å². The van der Waals surface area contributed by atoms with Crippen LogP contribution in [0.2, 0.25) is 0 Å². The Morgan fingerprint density at radius 1 is 0.617 bits per heavy atom. The van der Waals surface area contributed by atoms with Gasteiger partial charge in [0.05, 0.1) is 20.6 Å². The number of thioether (sulfide) groups is 1. The standard InChI is InChI=1S/C38H35NO16S5/c1-20-7-22-9-24-13-31(57(44,45)46)15-26(35(24)41)11-28-17-33(59(50,51)52)18-29(37(28)55-60(53,54)30-5-3-21(4-6-30)38(43)39-19-56-2)12-27-16-32(58(47,48)49)14-25(36(27)42)10-23(8-20)34(22)40/h3-8,13-18,40-42H,9-12,19H2,1-2H3,(H,39,43)(H,44,45,46)(H,47,48,49)(H,50,51,52)/p-4. The first-order valence-electron chi connectivity index (χ1n) is 17.2. The summed E-state index contributed by atoms with van der Waals surface area (Å²) in [5, 5.41) is 39.6. The fourth-order valence-electron chi connectivity index (χ4n) is 6.70. The summed E-state index contributed by atoms with van der Waals surface area (Å²) in [7, 11) is -21.1. The van der Waals surface area contributed by atoms with Gasteiger partial charge < -0.3 is 38.5 Å². The molecular formula is C38H31NO16S5-4. The van der Waals surface area contributed by atoms with Crippen LogP contribution in [0.5, 0.6) is 23.0 Å². The highest BCUT2D eigenvalue weighted by Gasteiger charge is 2.27. The fourth-order valence-corrected chi connectivity index (χ4v) is 9.70. The highest BCUT2D eigenvalue weighted by Crippen LogP contribution is 2.41. The molecule has 1 aliphatic rings. The molecule has 0 radical (unpaired) electrons. The Hall–Kier alpha value is -5.20. The topological polar surface area (TPSA) is 308 Å². The quantitative estimate of drug-likeness (QED) is 0.107. The zero-order chi connectivity index (χ0) is 44.1. The van der Waals surface area contributed by atoms with Gasteiger partial charge in [0.2, 0.25) is 0 Å². The molecule has 0 unspecified atom stereocenters. The number of aryl methyl sites for hydroxylation is 1. The van der Waals surface area contributed by atoms with E-state index in [0.29, 0.717) is 17.7 Å². The second kappa shape index (κ2) is 16.3. The van der Waals surface area contributed by atoms with Crippen LogP contribution in [0.25, 0.3) is 0 Å². The van der Waals surface area contributed by atoms with E-state index >= 15 is 0 Å². The number of hydrogen-bond acceptors (Lipinski definition) is 17. The molecule has 8 bridgehead atoms. The van der Waals surface area contributed by atoms with Crippen molar-refractivity contribution in [1.29, 1.82) is 0 Å². The molecule has 0 atom stereocenters. The van der Waals surface area contributed by atoms with Crippen molar-refractivity contribution < 1.29 is 71.6 Å². The highest BCUT2D eigenvalue weighted by atomic mass is 32.2. The van der Waals surface area contributed by atoms with Crippen LogP contribution >= 0.6 is 11.8 Å². The molecule has 0 fully saturated rings. The lowest BCUT2D eigenvalue weighted by molar-refractivity contribution is -0.270. The molecule has 0 saturated carbocycles. The van der Waals surface area contributed by atoms with Gasteiger partial charge in [0, 0.05) is 42.4 Å². The molecule has 22 heteroatoms. The lowest BCUT2D eigenvalue weighted by atomic mass is 9.90. The van der Waals surface area contributed by atoms with Crippen molar-refractivity contribution >= 4 is 58.1 Å². The van der Waals surface area contributed by atoms with E-state index in [1.807, 2.05) is 0 Å². The molecule has 0 aliphatic heterocycles. The Kier molecular flexibility index (Phi) is 12.1. The summed E-state index contributed by atoms with van der Waals surface area (Å²) in [4.78, 5) is 9.09. The lowest BCUT2D eigenvalue weighted by Gasteiger charge is -2.24. The van der Waals surface area contributed by atoms with E-state index in [1.165, 1.54) is 23.9 Å². The second-order valence-electron chi connectivity index (χ2n) is 13.7. The van der Waals surface area contributed by atoms with Crippen molar-refractivity contribution in [3.8, 4) is 23.0 Å². The van der Waals surface area contributed by atoms with E-state index < -0.39 is 137 Å². The van der Waals surface area contributed by atoms with Gasteiger partial charge in [0.15, 0.2) is 0 Å². The number of nitrogens with one attached hydrogen (secondary N) is 1. The smallest absolute Gasteiger partial charge is 0.339 e. The lowest BCUT2D eigenvalue weighted by Crippen LogP contribution is -2.22. The van der Waals surface area contributed by atoms with Gasteiger partial charge in [-0.15, -0.1) is 17.5 Å². The molecule has 0 heterocycles. The molecule has 5 aromatic carbocycles. The molecule has 318 valence electrons. The Morgan fingerprint density at radius 3 is 1.35 bits per heavy atom. The summed E-state index contributed by atoms with van der Waals surface area (Å²) in [5.74, 6) is -3.14. The van der Waals surface area contributed by atoms with Crippen molar-refractivity contribution in [3.63, 3.8) is 0 Å². The first kappa shape index (κ1) is 44.4. The molecular weight excluding hydrogens is 887 g/mol. The largest absolute Gasteiger partial charge is 0.872 e. The number of hydrogen-bond donors (Lipinski definition) is 3. The average molecular weight is 918 g/mol. The number of amides is 1. The summed E-state index contributed by atoms with van der Waals surface area (Å²) >= 11 is 1.31. The Labute approximate surface area is 349 Å². The molecule has 17 nitrogen and oxygen atoms in total. The van der Waals surface area contributed by atoms with Gasteiger partial charge in [-0.05, 0) is 96.1 Å². The van der Waals surface area contributed by atoms with Crippen molar-refractivity contribution in [2.75, 3.05) is 12.1 Å². The number of phenolic OH excluding ortho intramolecular Hbond substituents is 2. The maximum atomic E-state index is 14.0. The zero-order valence-corrected chi connectivity index (χ0v) is 35.2. The minimum absolute atomic E-state index is 0.0595. The molecule has 6 rings (SSSR count). The van der Waals surface area contributed by atoms with Gasteiger partial charge in [-0.2, -0.15) is 8.42 Å². The predicted molar refractivity (Wildman–Crippen MR) is 208 cm³/mol. The van der Waals surface area contributed by atoms with Crippen LogP contribution in [0.3, 0.4) is 0 Å². The minimum Gasteiger partial charge on any atom is -0.872 e. The maximum absolute atomic E-state index is 14.0. The predicted octanol–water partition coefficient (Wildman–Crippen LogP) is 2.69. The Bertz CT molecular complexity index is 2900. The van der Waals surface area contributed by atoms with E-state index in [2.05, 4.69) is 5.32 Å². The number of carbonyl (C=O) groups is 1. The summed E-state index contributed by atoms with van der Waals surface area (Å²) < 4.78 is 146. The number of phenols is 2. The first-order chi connectivity index (χ1) is 27.8. The first-order valence-corrected chi connectivity index (χ1v) is 24.2. The molecule has 60 heavy (non-hydrogen) atoms.